The Hall–Kier alpha value is -2.66. The number of carbonyl (C=O) groups excluding carboxylic acids is 3. The van der Waals surface area contributed by atoms with Crippen LogP contribution >= 0.6 is 23.1 Å². The largest absolute Gasteiger partial charge is 0.370 e. The Balaban J connectivity index is 1.28. The Morgan fingerprint density at radius 2 is 1.92 bits per heavy atom. The number of Topliss-reactive ketones (excluding diaryl/α,β-unsaturated/α-hetero) is 1. The molecular formula is C28H38N6O3S2. The minimum absolute atomic E-state index is 0.00175. The first-order valence-corrected chi connectivity index (χ1v) is 16.0. The van der Waals surface area contributed by atoms with E-state index in [1.54, 1.807) is 11.8 Å². The average Bonchev–Trinajstić information content (AvgIpc) is 3.57. The molecule has 1 aromatic carbocycles. The van der Waals surface area contributed by atoms with Gasteiger partial charge in [0.25, 0.3) is 0 Å². The monoisotopic (exact) mass is 570 g/mol. The predicted molar refractivity (Wildman–Crippen MR) is 157 cm³/mol. The normalized spacial score (nSPS) is 24.4. The van der Waals surface area contributed by atoms with Gasteiger partial charge in [-0.05, 0) is 50.2 Å². The summed E-state index contributed by atoms with van der Waals surface area (Å²) in [5.41, 5.74) is 11.7. The summed E-state index contributed by atoms with van der Waals surface area (Å²) < 4.78 is 0.921. The highest BCUT2D eigenvalue weighted by molar-refractivity contribution is 8.00. The van der Waals surface area contributed by atoms with Gasteiger partial charge in [-0.1, -0.05) is 44.2 Å². The van der Waals surface area contributed by atoms with Gasteiger partial charge in [-0.15, -0.1) is 23.1 Å². The quantitative estimate of drug-likeness (QED) is 0.171. The van der Waals surface area contributed by atoms with Crippen LogP contribution in [0.25, 0.3) is 10.2 Å². The van der Waals surface area contributed by atoms with Crippen LogP contribution in [0.15, 0.2) is 29.3 Å². The Morgan fingerprint density at radius 1 is 1.13 bits per heavy atom. The maximum absolute atomic E-state index is 13.6. The number of hydrogen-bond donors (Lipinski definition) is 3. The lowest BCUT2D eigenvalue weighted by Crippen LogP contribution is -2.56. The van der Waals surface area contributed by atoms with Gasteiger partial charge in [-0.25, -0.2) is 4.98 Å². The molecule has 0 bridgehead atoms. The third kappa shape index (κ3) is 6.57. The lowest BCUT2D eigenvalue weighted by molar-refractivity contribution is -0.146. The zero-order valence-corrected chi connectivity index (χ0v) is 23.9. The van der Waals surface area contributed by atoms with E-state index in [0.717, 1.165) is 29.5 Å². The van der Waals surface area contributed by atoms with Gasteiger partial charge < -0.3 is 21.7 Å². The number of carbonyl (C=O) groups is 3. The molecule has 39 heavy (non-hydrogen) atoms. The summed E-state index contributed by atoms with van der Waals surface area (Å²) in [6.07, 6.45) is 9.88. The van der Waals surface area contributed by atoms with E-state index in [4.69, 9.17) is 11.5 Å². The zero-order chi connectivity index (χ0) is 27.4. The fourth-order valence-corrected chi connectivity index (χ4v) is 8.56. The van der Waals surface area contributed by atoms with Crippen LogP contribution in [0.2, 0.25) is 0 Å². The van der Waals surface area contributed by atoms with E-state index in [1.807, 2.05) is 29.2 Å². The zero-order valence-electron chi connectivity index (χ0n) is 22.2. The molecule has 3 fully saturated rings. The molecule has 210 valence electrons. The maximum Gasteiger partial charge on any atom is 0.244 e. The number of rotatable bonds is 10. The first kappa shape index (κ1) is 27.9. The maximum atomic E-state index is 13.6. The number of amides is 2. The van der Waals surface area contributed by atoms with Crippen LogP contribution in [0.1, 0.15) is 74.0 Å². The number of piperidine rings is 1. The fraction of sp³-hybridized carbons (Fsp3) is 0.607. The van der Waals surface area contributed by atoms with Crippen molar-refractivity contribution in [2.75, 3.05) is 12.3 Å². The van der Waals surface area contributed by atoms with Gasteiger partial charge in [-0.2, -0.15) is 0 Å². The lowest BCUT2D eigenvalue weighted by atomic mass is 9.80. The summed E-state index contributed by atoms with van der Waals surface area (Å²) in [6, 6.07) is 6.26. The number of benzene rings is 1. The number of thioether (sulfide) groups is 1. The summed E-state index contributed by atoms with van der Waals surface area (Å²) in [5, 5.41) is 3.40. The lowest BCUT2D eigenvalue weighted by Gasteiger charge is -2.38. The molecule has 3 heterocycles. The molecule has 2 aromatic rings. The minimum atomic E-state index is -0.769. The molecule has 11 heteroatoms. The second kappa shape index (κ2) is 12.7. The molecule has 0 spiro atoms. The second-order valence-electron chi connectivity index (χ2n) is 10.9. The molecule has 9 nitrogen and oxygen atoms in total. The van der Waals surface area contributed by atoms with E-state index in [0.29, 0.717) is 36.1 Å². The number of guanidine groups is 1. The van der Waals surface area contributed by atoms with Crippen molar-refractivity contribution in [3.63, 3.8) is 0 Å². The number of nitrogens with zero attached hydrogens (tertiary/aromatic N) is 3. The topological polar surface area (TPSA) is 144 Å². The molecule has 2 aliphatic heterocycles. The van der Waals surface area contributed by atoms with Crippen molar-refractivity contribution >= 4 is 56.9 Å². The third-order valence-corrected chi connectivity index (χ3v) is 10.6. The van der Waals surface area contributed by atoms with Crippen LogP contribution in [0.3, 0.4) is 0 Å². The third-order valence-electron chi connectivity index (χ3n) is 8.19. The van der Waals surface area contributed by atoms with E-state index in [2.05, 4.69) is 15.3 Å². The molecule has 3 aliphatic rings. The van der Waals surface area contributed by atoms with Gasteiger partial charge >= 0.3 is 0 Å². The van der Waals surface area contributed by atoms with Crippen LogP contribution in [-0.2, 0) is 9.59 Å². The fourth-order valence-electron chi connectivity index (χ4n) is 6.17. The summed E-state index contributed by atoms with van der Waals surface area (Å²) >= 11 is 3.00. The van der Waals surface area contributed by atoms with Crippen molar-refractivity contribution in [1.82, 2.24) is 15.2 Å². The highest BCUT2D eigenvalue weighted by Crippen LogP contribution is 2.41. The number of nitrogens with one attached hydrogen (secondary N) is 1. The number of thiazole rings is 1. The van der Waals surface area contributed by atoms with Crippen LogP contribution in [-0.4, -0.2) is 63.2 Å². The van der Waals surface area contributed by atoms with Crippen molar-refractivity contribution < 1.29 is 14.4 Å². The van der Waals surface area contributed by atoms with Crippen molar-refractivity contribution in [2.45, 2.75) is 81.7 Å². The second-order valence-corrected chi connectivity index (χ2v) is 13.2. The summed E-state index contributed by atoms with van der Waals surface area (Å²) in [5.74, 6) is 0.784. The number of aromatic nitrogens is 1. The summed E-state index contributed by atoms with van der Waals surface area (Å²) in [6.45, 7) is 0.358. The number of fused-ring (bicyclic) bond motifs is 2. The van der Waals surface area contributed by atoms with Gasteiger partial charge in [0.1, 0.15) is 6.04 Å². The molecule has 3 unspecified atom stereocenters. The van der Waals surface area contributed by atoms with Gasteiger partial charge in [0.2, 0.25) is 17.6 Å². The first-order chi connectivity index (χ1) is 18.9. The van der Waals surface area contributed by atoms with Crippen molar-refractivity contribution in [3.05, 3.63) is 29.3 Å². The van der Waals surface area contributed by atoms with Gasteiger partial charge in [0.05, 0.1) is 21.6 Å². The highest BCUT2D eigenvalue weighted by atomic mass is 32.2. The van der Waals surface area contributed by atoms with Crippen LogP contribution in [0.4, 0.5) is 0 Å². The molecule has 1 aliphatic carbocycles. The van der Waals surface area contributed by atoms with Gasteiger partial charge in [0, 0.05) is 18.2 Å². The molecule has 2 saturated heterocycles. The SMILES string of the molecule is NC(N)=NCCCC(NC(=O)[C@@H]1CSC2CCC(CC3CCCCC3)C(=O)N21)C(=O)c1nc2ccccc2s1. The first-order valence-electron chi connectivity index (χ1n) is 14.1. The summed E-state index contributed by atoms with van der Waals surface area (Å²) in [7, 11) is 0. The summed E-state index contributed by atoms with van der Waals surface area (Å²) in [4.78, 5) is 51.2. The Morgan fingerprint density at radius 3 is 2.69 bits per heavy atom. The smallest absolute Gasteiger partial charge is 0.244 e. The number of para-hydroxylation sites is 1. The molecule has 1 saturated carbocycles. The van der Waals surface area contributed by atoms with Crippen molar-refractivity contribution in [1.29, 1.82) is 0 Å². The van der Waals surface area contributed by atoms with Crippen molar-refractivity contribution in [2.24, 2.45) is 28.3 Å². The Labute approximate surface area is 237 Å². The Kier molecular flexibility index (Phi) is 9.06. The standard InChI is InChI=1S/C28H38N6O3S2/c29-28(30)31-14-6-10-20(24(35)26-33-19-9-4-5-11-22(19)39-26)32-25(36)21-16-38-23-13-12-18(27(37)34(21)23)15-17-7-2-1-3-8-17/h4-5,9,11,17-18,20-21,23H,1-3,6-8,10,12-16H2,(H,32,36)(H4,29,30,31)/t18?,20?,21-,23?/m0/s1. The van der Waals surface area contributed by atoms with E-state index in [9.17, 15) is 14.4 Å². The van der Waals surface area contributed by atoms with Crippen LogP contribution < -0.4 is 16.8 Å². The molecule has 1 aromatic heterocycles. The average molecular weight is 571 g/mol. The number of hydrogen-bond acceptors (Lipinski definition) is 7. The number of nitrogens with two attached hydrogens (primary N) is 2. The predicted octanol–water partition coefficient (Wildman–Crippen LogP) is 3.67. The van der Waals surface area contributed by atoms with E-state index < -0.39 is 12.1 Å². The molecule has 5 N–H and O–H groups in total. The highest BCUT2D eigenvalue weighted by Gasteiger charge is 2.47. The van der Waals surface area contributed by atoms with E-state index >= 15 is 0 Å². The van der Waals surface area contributed by atoms with Crippen molar-refractivity contribution in [3.8, 4) is 0 Å². The van der Waals surface area contributed by atoms with Crippen LogP contribution in [0, 0.1) is 11.8 Å². The van der Waals surface area contributed by atoms with E-state index in [1.165, 1.54) is 43.4 Å². The Bertz CT molecular complexity index is 1190. The van der Waals surface area contributed by atoms with Crippen LogP contribution in [0.5, 0.6) is 0 Å². The van der Waals surface area contributed by atoms with Gasteiger partial charge in [-0.3, -0.25) is 19.4 Å². The van der Waals surface area contributed by atoms with E-state index in [-0.39, 0.29) is 34.8 Å². The number of aliphatic imine (C=N–C) groups is 1. The molecule has 2 amide bonds. The molecule has 0 radical (unpaired) electrons. The molecular weight excluding hydrogens is 532 g/mol. The molecule has 4 atom stereocenters. The number of ketones is 1. The molecule has 5 rings (SSSR count). The van der Waals surface area contributed by atoms with Gasteiger partial charge in [0.15, 0.2) is 11.0 Å². The minimum Gasteiger partial charge on any atom is -0.370 e.